The van der Waals surface area contributed by atoms with E-state index in [2.05, 4.69) is 5.32 Å². The second-order valence-electron chi connectivity index (χ2n) is 4.51. The normalized spacial score (nSPS) is 11.9. The maximum Gasteiger partial charge on any atom is 0.221 e. The Balaban J connectivity index is 2.46. The Hall–Kier alpha value is -2.16. The summed E-state index contributed by atoms with van der Waals surface area (Å²) in [6, 6.07) is 14.4. The molecule has 2 rings (SSSR count). The molecule has 98 valence electrons. The number of carbonyl (C=O) groups is 1. The summed E-state index contributed by atoms with van der Waals surface area (Å²) in [5.41, 5.74) is 2.06. The fraction of sp³-hybridized carbons (Fsp3) is 0.188. The Morgan fingerprint density at radius 1 is 1.11 bits per heavy atom. The van der Waals surface area contributed by atoms with Gasteiger partial charge in [0, 0.05) is 24.1 Å². The van der Waals surface area contributed by atoms with Crippen LogP contribution in [0.3, 0.4) is 0 Å². The van der Waals surface area contributed by atoms with Gasteiger partial charge in [0.05, 0.1) is 0 Å². The molecule has 0 fully saturated rings. The van der Waals surface area contributed by atoms with Crippen molar-refractivity contribution in [1.29, 1.82) is 0 Å². The minimum Gasteiger partial charge on any atom is -0.326 e. The number of hydrogen-bond donors (Lipinski definition) is 1. The Labute approximate surface area is 112 Å². The lowest BCUT2D eigenvalue weighted by atomic mass is 9.91. The first kappa shape index (κ1) is 13.3. The van der Waals surface area contributed by atoms with Crippen LogP contribution in [-0.4, -0.2) is 5.91 Å². The number of anilines is 1. The number of amides is 1. The van der Waals surface area contributed by atoms with Crippen LogP contribution in [0.2, 0.25) is 0 Å². The van der Waals surface area contributed by atoms with Crippen LogP contribution < -0.4 is 5.32 Å². The monoisotopic (exact) mass is 257 g/mol. The van der Waals surface area contributed by atoms with Gasteiger partial charge in [-0.25, -0.2) is 4.39 Å². The van der Waals surface area contributed by atoms with Crippen LogP contribution in [0.25, 0.3) is 0 Å². The van der Waals surface area contributed by atoms with Gasteiger partial charge in [-0.3, -0.25) is 4.79 Å². The summed E-state index contributed by atoms with van der Waals surface area (Å²) in [7, 11) is 0. The number of halogens is 1. The Morgan fingerprint density at radius 2 is 1.79 bits per heavy atom. The standard InChI is InChI=1S/C16H16FNO/c1-11(13-7-4-3-5-8-13)16-14(17)9-6-10-15(16)18-12(2)19/h3-11H,1-2H3,(H,18,19). The molecule has 0 saturated heterocycles. The van der Waals surface area contributed by atoms with Gasteiger partial charge in [0.15, 0.2) is 0 Å². The number of rotatable bonds is 3. The zero-order valence-corrected chi connectivity index (χ0v) is 11.0. The average molecular weight is 257 g/mol. The molecule has 0 saturated carbocycles. The van der Waals surface area contributed by atoms with E-state index in [1.807, 2.05) is 37.3 Å². The van der Waals surface area contributed by atoms with Gasteiger partial charge in [-0.05, 0) is 17.7 Å². The summed E-state index contributed by atoms with van der Waals surface area (Å²) in [6.45, 7) is 3.35. The van der Waals surface area contributed by atoms with Crippen LogP contribution in [0, 0.1) is 5.82 Å². The summed E-state index contributed by atoms with van der Waals surface area (Å²) >= 11 is 0. The Morgan fingerprint density at radius 3 is 2.42 bits per heavy atom. The highest BCUT2D eigenvalue weighted by atomic mass is 19.1. The molecule has 0 heterocycles. The first-order valence-corrected chi connectivity index (χ1v) is 6.20. The zero-order valence-electron chi connectivity index (χ0n) is 11.0. The van der Waals surface area contributed by atoms with Gasteiger partial charge >= 0.3 is 0 Å². The zero-order chi connectivity index (χ0) is 13.8. The van der Waals surface area contributed by atoms with E-state index in [0.717, 1.165) is 5.56 Å². The molecule has 19 heavy (non-hydrogen) atoms. The molecule has 2 nitrogen and oxygen atoms in total. The third kappa shape index (κ3) is 2.99. The maximum absolute atomic E-state index is 14.1. The fourth-order valence-electron chi connectivity index (χ4n) is 2.18. The van der Waals surface area contributed by atoms with Gasteiger partial charge in [-0.15, -0.1) is 0 Å². The molecule has 0 aliphatic rings. The average Bonchev–Trinajstić information content (AvgIpc) is 2.38. The van der Waals surface area contributed by atoms with Crippen molar-refractivity contribution in [3.8, 4) is 0 Å². The third-order valence-electron chi connectivity index (χ3n) is 3.10. The van der Waals surface area contributed by atoms with Gasteiger partial charge in [0.25, 0.3) is 0 Å². The van der Waals surface area contributed by atoms with Gasteiger partial charge in [-0.1, -0.05) is 43.3 Å². The van der Waals surface area contributed by atoms with Crippen LogP contribution in [0.1, 0.15) is 30.9 Å². The lowest BCUT2D eigenvalue weighted by Gasteiger charge is -2.18. The van der Waals surface area contributed by atoms with Crippen LogP contribution in [0.5, 0.6) is 0 Å². The fourth-order valence-corrected chi connectivity index (χ4v) is 2.18. The van der Waals surface area contributed by atoms with Crippen LogP contribution in [-0.2, 0) is 4.79 Å². The SMILES string of the molecule is CC(=O)Nc1cccc(F)c1C(C)c1ccccc1. The highest BCUT2D eigenvalue weighted by Gasteiger charge is 2.17. The van der Waals surface area contributed by atoms with Crippen molar-refractivity contribution >= 4 is 11.6 Å². The molecular weight excluding hydrogens is 241 g/mol. The number of benzene rings is 2. The summed E-state index contributed by atoms with van der Waals surface area (Å²) in [6.07, 6.45) is 0. The molecule has 1 N–H and O–H groups in total. The summed E-state index contributed by atoms with van der Waals surface area (Å²) in [4.78, 5) is 11.2. The maximum atomic E-state index is 14.1. The molecule has 0 aromatic heterocycles. The molecule has 1 amide bonds. The van der Waals surface area contributed by atoms with E-state index in [0.29, 0.717) is 11.3 Å². The number of carbonyl (C=O) groups excluding carboxylic acids is 1. The van der Waals surface area contributed by atoms with E-state index in [1.54, 1.807) is 12.1 Å². The van der Waals surface area contributed by atoms with Crippen molar-refractivity contribution in [2.75, 3.05) is 5.32 Å². The Bertz CT molecular complexity index is 581. The van der Waals surface area contributed by atoms with Crippen LogP contribution >= 0.6 is 0 Å². The largest absolute Gasteiger partial charge is 0.326 e. The summed E-state index contributed by atoms with van der Waals surface area (Å²) in [5, 5.41) is 2.69. The van der Waals surface area contributed by atoms with Crippen molar-refractivity contribution in [2.24, 2.45) is 0 Å². The summed E-state index contributed by atoms with van der Waals surface area (Å²) < 4.78 is 14.1. The van der Waals surface area contributed by atoms with E-state index in [4.69, 9.17) is 0 Å². The first-order valence-electron chi connectivity index (χ1n) is 6.20. The minimum absolute atomic E-state index is 0.121. The lowest BCUT2D eigenvalue weighted by molar-refractivity contribution is -0.114. The van der Waals surface area contributed by atoms with Crippen molar-refractivity contribution in [3.05, 3.63) is 65.5 Å². The van der Waals surface area contributed by atoms with Gasteiger partial charge in [0.1, 0.15) is 5.82 Å². The Kier molecular flexibility index (Phi) is 3.95. The van der Waals surface area contributed by atoms with Crippen LogP contribution in [0.15, 0.2) is 48.5 Å². The van der Waals surface area contributed by atoms with Crippen molar-refractivity contribution in [2.45, 2.75) is 19.8 Å². The first-order chi connectivity index (χ1) is 9.09. The van der Waals surface area contributed by atoms with Crippen molar-refractivity contribution < 1.29 is 9.18 Å². The van der Waals surface area contributed by atoms with Gasteiger partial charge in [-0.2, -0.15) is 0 Å². The molecule has 0 aliphatic carbocycles. The predicted octanol–water partition coefficient (Wildman–Crippen LogP) is 3.94. The quantitative estimate of drug-likeness (QED) is 0.886. The molecule has 0 spiro atoms. The van der Waals surface area contributed by atoms with E-state index >= 15 is 0 Å². The molecule has 2 aromatic rings. The lowest BCUT2D eigenvalue weighted by Crippen LogP contribution is -2.11. The molecule has 2 aromatic carbocycles. The van der Waals surface area contributed by atoms with Crippen molar-refractivity contribution in [1.82, 2.24) is 0 Å². The molecule has 0 radical (unpaired) electrons. The second-order valence-corrected chi connectivity index (χ2v) is 4.51. The highest BCUT2D eigenvalue weighted by molar-refractivity contribution is 5.89. The van der Waals surface area contributed by atoms with Crippen molar-refractivity contribution in [3.63, 3.8) is 0 Å². The minimum atomic E-state index is -0.303. The van der Waals surface area contributed by atoms with Gasteiger partial charge in [0.2, 0.25) is 5.91 Å². The molecule has 1 atom stereocenters. The van der Waals surface area contributed by atoms with E-state index < -0.39 is 0 Å². The van der Waals surface area contributed by atoms with Crippen LogP contribution in [0.4, 0.5) is 10.1 Å². The van der Waals surface area contributed by atoms with E-state index in [9.17, 15) is 9.18 Å². The van der Waals surface area contributed by atoms with E-state index in [1.165, 1.54) is 13.0 Å². The third-order valence-corrected chi connectivity index (χ3v) is 3.10. The molecule has 1 unspecified atom stereocenters. The van der Waals surface area contributed by atoms with Gasteiger partial charge < -0.3 is 5.32 Å². The molecule has 3 heteroatoms. The van der Waals surface area contributed by atoms with E-state index in [-0.39, 0.29) is 17.6 Å². The molecular formula is C16H16FNO. The topological polar surface area (TPSA) is 29.1 Å². The summed E-state index contributed by atoms with van der Waals surface area (Å²) in [5.74, 6) is -0.626. The molecule has 0 bridgehead atoms. The second kappa shape index (κ2) is 5.65. The number of hydrogen-bond acceptors (Lipinski definition) is 1. The molecule has 0 aliphatic heterocycles. The predicted molar refractivity (Wildman–Crippen MR) is 74.7 cm³/mol. The number of nitrogens with one attached hydrogen (secondary N) is 1. The highest BCUT2D eigenvalue weighted by Crippen LogP contribution is 2.32. The smallest absolute Gasteiger partial charge is 0.221 e.